The van der Waals surface area contributed by atoms with Crippen LogP contribution in [0.15, 0.2) is 83.4 Å². The molecule has 0 radical (unpaired) electrons. The van der Waals surface area contributed by atoms with Crippen LogP contribution < -0.4 is 10.1 Å². The number of aromatic nitrogens is 1. The molecule has 8 heteroatoms. The van der Waals surface area contributed by atoms with Gasteiger partial charge in [-0.2, -0.15) is 0 Å². The maximum Gasteiger partial charge on any atom is 0.335 e. The van der Waals surface area contributed by atoms with Gasteiger partial charge in [0.1, 0.15) is 23.3 Å². The number of hydrogen-bond acceptors (Lipinski definition) is 5. The Balaban J connectivity index is 1.52. The Morgan fingerprint density at radius 1 is 1.14 bits per heavy atom. The van der Waals surface area contributed by atoms with E-state index in [0.717, 1.165) is 33.9 Å². The highest BCUT2D eigenvalue weighted by Gasteiger charge is 2.41. The van der Waals surface area contributed by atoms with Gasteiger partial charge in [-0.3, -0.25) is 4.98 Å². The molecule has 0 saturated carbocycles. The minimum atomic E-state index is -0.956. The van der Waals surface area contributed by atoms with Gasteiger partial charge in [-0.25, -0.2) is 4.79 Å². The van der Waals surface area contributed by atoms with Crippen molar-refractivity contribution in [3.8, 4) is 17.1 Å². The number of nitrogens with zero attached hydrogens (tertiary/aromatic N) is 2. The molecule has 0 unspecified atom stereocenters. The molecule has 5 rings (SSSR count). The first-order valence-electron chi connectivity index (χ1n) is 11.5. The van der Waals surface area contributed by atoms with Gasteiger partial charge in [0.2, 0.25) is 0 Å². The molecule has 4 aromatic rings. The van der Waals surface area contributed by atoms with Gasteiger partial charge in [-0.15, -0.1) is 0 Å². The van der Waals surface area contributed by atoms with Gasteiger partial charge < -0.3 is 24.5 Å². The molecule has 1 fully saturated rings. The first-order valence-corrected chi connectivity index (χ1v) is 11.9. The molecule has 0 bridgehead atoms. The normalized spacial score (nSPS) is 17.2. The van der Waals surface area contributed by atoms with E-state index in [4.69, 9.17) is 21.4 Å². The number of carbonyl (C=O) groups is 1. The molecule has 2 N–H and O–H groups in total. The summed E-state index contributed by atoms with van der Waals surface area (Å²) < 4.78 is 11.7. The fourth-order valence-corrected chi connectivity index (χ4v) is 4.85. The minimum absolute atomic E-state index is 0.202. The second-order valence-corrected chi connectivity index (χ2v) is 9.03. The number of furan rings is 1. The van der Waals surface area contributed by atoms with E-state index in [1.807, 2.05) is 61.5 Å². The van der Waals surface area contributed by atoms with E-state index in [1.165, 1.54) is 0 Å². The van der Waals surface area contributed by atoms with Gasteiger partial charge in [-0.1, -0.05) is 24.3 Å². The summed E-state index contributed by atoms with van der Waals surface area (Å²) in [5.74, 6) is 1.25. The van der Waals surface area contributed by atoms with E-state index in [9.17, 15) is 9.90 Å². The fraction of sp³-hybridized carbons (Fsp3) is 0.179. The van der Waals surface area contributed by atoms with Gasteiger partial charge in [0, 0.05) is 18.3 Å². The number of rotatable bonds is 7. The zero-order chi connectivity index (χ0) is 25.2. The van der Waals surface area contributed by atoms with Crippen LogP contribution in [0, 0.1) is 6.92 Å². The molecule has 0 amide bonds. The Morgan fingerprint density at radius 3 is 2.61 bits per heavy atom. The third-order valence-corrected chi connectivity index (χ3v) is 6.72. The zero-order valence-corrected chi connectivity index (χ0v) is 20.7. The number of methoxy groups -OCH3 is 1. The van der Waals surface area contributed by atoms with Crippen molar-refractivity contribution in [1.29, 1.82) is 0 Å². The van der Waals surface area contributed by atoms with E-state index in [2.05, 4.69) is 15.2 Å². The molecular weight excluding hydrogens is 474 g/mol. The van der Waals surface area contributed by atoms with E-state index in [0.29, 0.717) is 17.4 Å². The quantitative estimate of drug-likeness (QED) is 0.321. The highest BCUT2D eigenvalue weighted by molar-refractivity contribution is 7.80. The summed E-state index contributed by atoms with van der Waals surface area (Å²) in [5.41, 5.74) is 3.86. The van der Waals surface area contributed by atoms with E-state index >= 15 is 0 Å². The van der Waals surface area contributed by atoms with Crippen LogP contribution in [0.2, 0.25) is 0 Å². The highest BCUT2D eigenvalue weighted by atomic mass is 32.1. The van der Waals surface area contributed by atoms with Crippen molar-refractivity contribution < 1.29 is 19.1 Å². The van der Waals surface area contributed by atoms with Crippen molar-refractivity contribution in [3.63, 3.8) is 0 Å². The van der Waals surface area contributed by atoms with Crippen molar-refractivity contribution in [2.24, 2.45) is 0 Å². The Bertz CT molecular complexity index is 1400. The largest absolute Gasteiger partial charge is 0.497 e. The predicted molar refractivity (Wildman–Crippen MR) is 140 cm³/mol. The molecule has 2 aromatic carbocycles. The van der Waals surface area contributed by atoms with E-state index in [-0.39, 0.29) is 17.6 Å². The van der Waals surface area contributed by atoms with Crippen LogP contribution in [0.1, 0.15) is 45.0 Å². The third-order valence-electron chi connectivity index (χ3n) is 6.37. The van der Waals surface area contributed by atoms with Crippen LogP contribution in [-0.2, 0) is 6.54 Å². The number of pyridine rings is 1. The number of benzene rings is 2. The Kier molecular flexibility index (Phi) is 6.43. The minimum Gasteiger partial charge on any atom is -0.497 e. The molecule has 182 valence electrons. The number of hydrogen-bond donors (Lipinski definition) is 2. The molecule has 1 aliphatic heterocycles. The average molecular weight is 500 g/mol. The smallest absolute Gasteiger partial charge is 0.335 e. The molecule has 7 nitrogen and oxygen atoms in total. The van der Waals surface area contributed by atoms with Crippen LogP contribution in [0.3, 0.4) is 0 Å². The average Bonchev–Trinajstić information content (AvgIpc) is 3.49. The third kappa shape index (κ3) is 4.55. The standard InChI is InChI=1S/C28H25N3O4S/c1-17-15-19(27(32)33)8-11-21(17)23-12-13-24(35-23)26-25(22-5-3-4-14-29-22)30-28(36)31(26)16-18-6-9-20(34-2)10-7-18/h3-15,25-26H,16H2,1-2H3,(H,30,36)(H,32,33)/t25-,26-/m1/s1. The van der Waals surface area contributed by atoms with Gasteiger partial charge in [0.15, 0.2) is 5.11 Å². The van der Waals surface area contributed by atoms with Gasteiger partial charge >= 0.3 is 5.97 Å². The molecule has 1 saturated heterocycles. The molecule has 0 aliphatic carbocycles. The SMILES string of the molecule is COc1ccc(CN2C(=S)N[C@H](c3ccccn3)[C@H]2c2ccc(-c3ccc(C(=O)O)cc3C)o2)cc1. The lowest BCUT2D eigenvalue weighted by Gasteiger charge is -2.26. The monoisotopic (exact) mass is 499 g/mol. The van der Waals surface area contributed by atoms with Crippen LogP contribution in [0.5, 0.6) is 5.75 Å². The first kappa shape index (κ1) is 23.6. The molecule has 36 heavy (non-hydrogen) atoms. The van der Waals surface area contributed by atoms with Crippen LogP contribution in [-0.4, -0.2) is 33.2 Å². The van der Waals surface area contributed by atoms with Crippen molar-refractivity contribution in [3.05, 3.63) is 107 Å². The lowest BCUT2D eigenvalue weighted by atomic mass is 10.0. The maximum absolute atomic E-state index is 11.3. The van der Waals surface area contributed by atoms with Crippen molar-refractivity contribution in [2.75, 3.05) is 7.11 Å². The number of ether oxygens (including phenoxy) is 1. The number of carboxylic acids is 1. The topological polar surface area (TPSA) is 87.8 Å². The fourth-order valence-electron chi connectivity index (χ4n) is 4.54. The van der Waals surface area contributed by atoms with Gasteiger partial charge in [-0.05, 0) is 78.8 Å². The second kappa shape index (κ2) is 9.83. The molecular formula is C28H25N3O4S. The van der Waals surface area contributed by atoms with Crippen LogP contribution in [0.25, 0.3) is 11.3 Å². The molecule has 2 aromatic heterocycles. The van der Waals surface area contributed by atoms with Gasteiger partial charge in [0.05, 0.1) is 24.4 Å². The summed E-state index contributed by atoms with van der Waals surface area (Å²) in [6, 6.07) is 22.2. The lowest BCUT2D eigenvalue weighted by Crippen LogP contribution is -2.29. The summed E-state index contributed by atoms with van der Waals surface area (Å²) in [4.78, 5) is 18.0. The molecule has 2 atom stereocenters. The molecule has 1 aliphatic rings. The summed E-state index contributed by atoms with van der Waals surface area (Å²) >= 11 is 5.77. The van der Waals surface area contributed by atoms with Gasteiger partial charge in [0.25, 0.3) is 0 Å². The predicted octanol–water partition coefficient (Wildman–Crippen LogP) is 5.53. The number of aromatic carboxylic acids is 1. The van der Waals surface area contributed by atoms with Crippen LogP contribution in [0.4, 0.5) is 0 Å². The van der Waals surface area contributed by atoms with E-state index < -0.39 is 5.97 Å². The summed E-state index contributed by atoms with van der Waals surface area (Å²) in [6.07, 6.45) is 1.77. The molecule has 3 heterocycles. The molecule has 0 spiro atoms. The number of carboxylic acid groups (broad SMARTS) is 1. The van der Waals surface area contributed by atoms with Crippen molar-refractivity contribution >= 4 is 23.3 Å². The van der Waals surface area contributed by atoms with E-state index in [1.54, 1.807) is 31.5 Å². The van der Waals surface area contributed by atoms with Crippen molar-refractivity contribution in [1.82, 2.24) is 15.2 Å². The highest BCUT2D eigenvalue weighted by Crippen LogP contribution is 2.41. The van der Waals surface area contributed by atoms with Crippen LogP contribution >= 0.6 is 12.2 Å². The summed E-state index contributed by atoms with van der Waals surface area (Å²) in [7, 11) is 1.65. The number of aryl methyl sites for hydroxylation is 1. The Labute approximate surface area is 214 Å². The lowest BCUT2D eigenvalue weighted by molar-refractivity contribution is 0.0696. The first-order chi connectivity index (χ1) is 17.4. The number of nitrogens with one attached hydrogen (secondary N) is 1. The second-order valence-electron chi connectivity index (χ2n) is 8.64. The summed E-state index contributed by atoms with van der Waals surface area (Å²) in [6.45, 7) is 2.45. The maximum atomic E-state index is 11.3. The Hall–Kier alpha value is -4.17. The zero-order valence-electron chi connectivity index (χ0n) is 19.8. The Morgan fingerprint density at radius 2 is 1.94 bits per heavy atom. The summed E-state index contributed by atoms with van der Waals surface area (Å²) in [5, 5.41) is 13.4. The van der Waals surface area contributed by atoms with Crippen molar-refractivity contribution in [2.45, 2.75) is 25.6 Å². The number of thiocarbonyl (C=S) groups is 1.